The highest BCUT2D eigenvalue weighted by Gasteiger charge is 2.08. The van der Waals surface area contributed by atoms with Gasteiger partial charge in [-0.2, -0.15) is 0 Å². The first-order chi connectivity index (χ1) is 7.03. The molecule has 0 saturated heterocycles. The second kappa shape index (κ2) is 5.14. The van der Waals surface area contributed by atoms with Crippen LogP contribution in [-0.4, -0.2) is 27.8 Å². The lowest BCUT2D eigenvalue weighted by Gasteiger charge is -2.07. The van der Waals surface area contributed by atoms with Gasteiger partial charge in [0, 0.05) is 12.2 Å². The average Bonchev–Trinajstić information content (AvgIpc) is 2.14. The fourth-order valence-electron chi connectivity index (χ4n) is 1.18. The van der Waals surface area contributed by atoms with Crippen molar-refractivity contribution in [3.05, 3.63) is 29.8 Å². The van der Waals surface area contributed by atoms with Gasteiger partial charge in [-0.1, -0.05) is 12.1 Å². The van der Waals surface area contributed by atoms with E-state index in [4.69, 9.17) is 0 Å². The Balaban J connectivity index is 2.69. The summed E-state index contributed by atoms with van der Waals surface area (Å²) in [6, 6.07) is 7.29. The molecule has 1 aromatic rings. The van der Waals surface area contributed by atoms with Crippen molar-refractivity contribution in [3.63, 3.8) is 0 Å². The van der Waals surface area contributed by atoms with Crippen LogP contribution in [0.25, 0.3) is 0 Å². The smallest absolute Gasteiger partial charge is 0.233 e. The summed E-state index contributed by atoms with van der Waals surface area (Å²) in [6.45, 7) is 2.37. The second-order valence-corrected chi connectivity index (χ2v) is 5.24. The monoisotopic (exact) mass is 228 g/mol. The third kappa shape index (κ3) is 4.31. The molecule has 0 radical (unpaired) electrons. The van der Waals surface area contributed by atoms with Gasteiger partial charge in [0.2, 0.25) is 10.0 Å². The van der Waals surface area contributed by atoms with E-state index in [1.165, 1.54) is 0 Å². The number of nitrogens with one attached hydrogen (secondary N) is 2. The van der Waals surface area contributed by atoms with Gasteiger partial charge in [0.25, 0.3) is 0 Å². The summed E-state index contributed by atoms with van der Waals surface area (Å²) in [7, 11) is -1.50. The maximum absolute atomic E-state index is 11.5. The zero-order valence-electron chi connectivity index (χ0n) is 8.95. The maximum Gasteiger partial charge on any atom is 0.233 e. The van der Waals surface area contributed by atoms with E-state index >= 15 is 0 Å². The van der Waals surface area contributed by atoms with Crippen LogP contribution in [0.4, 0.5) is 5.69 Å². The van der Waals surface area contributed by atoms with Gasteiger partial charge in [-0.05, 0) is 31.7 Å². The van der Waals surface area contributed by atoms with Crippen molar-refractivity contribution in [2.45, 2.75) is 6.92 Å². The molecular weight excluding hydrogens is 212 g/mol. The molecule has 0 amide bonds. The fourth-order valence-corrected chi connectivity index (χ4v) is 2.24. The van der Waals surface area contributed by atoms with Crippen LogP contribution >= 0.6 is 0 Å². The van der Waals surface area contributed by atoms with Crippen LogP contribution in [0.3, 0.4) is 0 Å². The van der Waals surface area contributed by atoms with Crippen LogP contribution in [0.5, 0.6) is 0 Å². The minimum atomic E-state index is -3.23. The maximum atomic E-state index is 11.5. The number of rotatable bonds is 5. The summed E-state index contributed by atoms with van der Waals surface area (Å²) in [5, 5.41) is 2.80. The minimum absolute atomic E-state index is 0.0808. The van der Waals surface area contributed by atoms with Gasteiger partial charge in [-0.25, -0.2) is 8.42 Å². The fraction of sp³-hybridized carbons (Fsp3) is 0.400. The van der Waals surface area contributed by atoms with Gasteiger partial charge < -0.3 is 5.32 Å². The summed E-state index contributed by atoms with van der Waals surface area (Å²) in [6.07, 6.45) is 0. The van der Waals surface area contributed by atoms with E-state index in [1.54, 1.807) is 19.2 Å². The lowest BCUT2D eigenvalue weighted by Crippen LogP contribution is -2.24. The van der Waals surface area contributed by atoms with Crippen LogP contribution in [0.15, 0.2) is 24.3 Å². The molecule has 1 aromatic carbocycles. The molecule has 5 heteroatoms. The number of anilines is 1. The number of aryl methyl sites for hydroxylation is 1. The van der Waals surface area contributed by atoms with Crippen molar-refractivity contribution in [1.29, 1.82) is 0 Å². The molecule has 2 N–H and O–H groups in total. The molecule has 1 rings (SSSR count). The molecule has 84 valence electrons. The molecule has 0 aliphatic carbocycles. The van der Waals surface area contributed by atoms with E-state index in [0.29, 0.717) is 12.2 Å². The Kier molecular flexibility index (Phi) is 4.11. The Bertz CT molecular complexity index is 415. The van der Waals surface area contributed by atoms with E-state index in [0.717, 1.165) is 5.56 Å². The molecule has 0 heterocycles. The van der Waals surface area contributed by atoms with Crippen molar-refractivity contribution in [1.82, 2.24) is 5.32 Å². The predicted molar refractivity (Wildman–Crippen MR) is 62.5 cm³/mol. The molecule has 0 aliphatic rings. The number of benzene rings is 1. The molecule has 0 unspecified atom stereocenters. The summed E-state index contributed by atoms with van der Waals surface area (Å²) >= 11 is 0. The van der Waals surface area contributed by atoms with Crippen LogP contribution < -0.4 is 10.0 Å². The molecule has 0 atom stereocenters. The Hall–Kier alpha value is -1.07. The summed E-state index contributed by atoms with van der Waals surface area (Å²) in [5.74, 6) is 0.0808. The molecule has 0 aliphatic heterocycles. The number of hydrogen-bond acceptors (Lipinski definition) is 3. The van der Waals surface area contributed by atoms with E-state index in [-0.39, 0.29) is 5.75 Å². The van der Waals surface area contributed by atoms with Gasteiger partial charge in [-0.3, -0.25) is 4.72 Å². The van der Waals surface area contributed by atoms with Gasteiger partial charge in [0.15, 0.2) is 0 Å². The lowest BCUT2D eigenvalue weighted by atomic mass is 10.2. The van der Waals surface area contributed by atoms with Crippen LogP contribution in [-0.2, 0) is 10.0 Å². The van der Waals surface area contributed by atoms with Crippen LogP contribution in [0.1, 0.15) is 5.56 Å². The van der Waals surface area contributed by atoms with Gasteiger partial charge in [-0.15, -0.1) is 0 Å². The van der Waals surface area contributed by atoms with Crippen molar-refractivity contribution >= 4 is 15.7 Å². The normalized spacial score (nSPS) is 11.3. The topological polar surface area (TPSA) is 58.2 Å². The van der Waals surface area contributed by atoms with E-state index in [2.05, 4.69) is 10.0 Å². The molecule has 0 aromatic heterocycles. The molecular formula is C10H16N2O2S. The third-order valence-corrected chi connectivity index (χ3v) is 3.20. The SMILES string of the molecule is CNCCS(=O)(=O)Nc1cccc(C)c1. The molecule has 15 heavy (non-hydrogen) atoms. The molecule has 0 bridgehead atoms. The first-order valence-corrected chi connectivity index (χ1v) is 6.40. The zero-order chi connectivity index (χ0) is 11.3. The highest BCUT2D eigenvalue weighted by molar-refractivity contribution is 7.92. The van der Waals surface area contributed by atoms with E-state index in [1.807, 2.05) is 19.1 Å². The van der Waals surface area contributed by atoms with E-state index in [9.17, 15) is 8.42 Å². The van der Waals surface area contributed by atoms with Gasteiger partial charge in [0.1, 0.15) is 0 Å². The highest BCUT2D eigenvalue weighted by atomic mass is 32.2. The quantitative estimate of drug-likeness (QED) is 0.789. The van der Waals surface area contributed by atoms with E-state index < -0.39 is 10.0 Å². The highest BCUT2D eigenvalue weighted by Crippen LogP contribution is 2.11. The summed E-state index contributed by atoms with van der Waals surface area (Å²) < 4.78 is 25.6. The van der Waals surface area contributed by atoms with Crippen molar-refractivity contribution in [3.8, 4) is 0 Å². The summed E-state index contributed by atoms with van der Waals surface area (Å²) in [4.78, 5) is 0. The first kappa shape index (κ1) is 12.0. The Morgan fingerprint density at radius 3 is 2.67 bits per heavy atom. The van der Waals surface area contributed by atoms with Crippen LogP contribution in [0.2, 0.25) is 0 Å². The Labute approximate surface area is 90.8 Å². The van der Waals surface area contributed by atoms with Gasteiger partial charge in [0.05, 0.1) is 5.75 Å². The number of sulfonamides is 1. The van der Waals surface area contributed by atoms with Gasteiger partial charge >= 0.3 is 0 Å². The first-order valence-electron chi connectivity index (χ1n) is 4.75. The lowest BCUT2D eigenvalue weighted by molar-refractivity contribution is 0.599. The molecule has 0 saturated carbocycles. The Morgan fingerprint density at radius 1 is 1.33 bits per heavy atom. The average molecular weight is 228 g/mol. The summed E-state index contributed by atoms with van der Waals surface area (Å²) in [5.41, 5.74) is 1.65. The third-order valence-electron chi connectivity index (χ3n) is 1.91. The van der Waals surface area contributed by atoms with Crippen molar-refractivity contribution < 1.29 is 8.42 Å². The van der Waals surface area contributed by atoms with Crippen molar-refractivity contribution in [2.24, 2.45) is 0 Å². The standard InChI is InChI=1S/C10H16N2O2S/c1-9-4-3-5-10(8-9)12-15(13,14)7-6-11-2/h3-5,8,11-12H,6-7H2,1-2H3. The number of hydrogen-bond donors (Lipinski definition) is 2. The van der Waals surface area contributed by atoms with Crippen molar-refractivity contribution in [2.75, 3.05) is 24.1 Å². The Morgan fingerprint density at radius 2 is 2.07 bits per heavy atom. The second-order valence-electron chi connectivity index (χ2n) is 3.39. The van der Waals surface area contributed by atoms with Crippen LogP contribution in [0, 0.1) is 6.92 Å². The predicted octanol–water partition coefficient (Wildman–Crippen LogP) is 0.956. The minimum Gasteiger partial charge on any atom is -0.319 e. The molecule has 0 fully saturated rings. The molecule has 4 nitrogen and oxygen atoms in total. The molecule has 0 spiro atoms. The zero-order valence-corrected chi connectivity index (χ0v) is 9.76. The largest absolute Gasteiger partial charge is 0.319 e.